The Balaban J connectivity index is 2.48. The van der Waals surface area contributed by atoms with E-state index in [0.717, 1.165) is 0 Å². The molecule has 0 heterocycles. The number of benzene rings is 1. The van der Waals surface area contributed by atoms with E-state index in [1.54, 1.807) is 24.3 Å². The number of hydrogen-bond acceptors (Lipinski definition) is 4. The van der Waals surface area contributed by atoms with E-state index in [0.29, 0.717) is 5.75 Å². The van der Waals surface area contributed by atoms with Crippen molar-refractivity contribution in [3.8, 4) is 5.75 Å². The van der Waals surface area contributed by atoms with Crippen LogP contribution in [0.25, 0.3) is 0 Å². The summed E-state index contributed by atoms with van der Waals surface area (Å²) in [4.78, 5) is 11.4. The Morgan fingerprint density at radius 1 is 1.38 bits per heavy atom. The zero-order chi connectivity index (χ0) is 12.0. The van der Waals surface area contributed by atoms with Crippen molar-refractivity contribution in [3.05, 3.63) is 30.3 Å². The molecule has 1 aromatic rings. The average molecular weight is 224 g/mol. The first-order valence-electron chi connectivity index (χ1n) is 5.12. The maximum absolute atomic E-state index is 11.4. The molecule has 4 heteroatoms. The second kappa shape index (κ2) is 5.63. The molecule has 0 bridgehead atoms. The Bertz CT molecular complexity index is 332. The SMILES string of the molecule is C[C@@](O)(CCO)CC(=O)Oc1ccccc1. The lowest BCUT2D eigenvalue weighted by molar-refractivity contribution is -0.139. The van der Waals surface area contributed by atoms with Gasteiger partial charge in [-0.25, -0.2) is 0 Å². The first kappa shape index (κ1) is 12.7. The van der Waals surface area contributed by atoms with Crippen molar-refractivity contribution in [1.29, 1.82) is 0 Å². The highest BCUT2D eigenvalue weighted by Gasteiger charge is 2.24. The molecule has 0 aliphatic heterocycles. The molecule has 1 atom stereocenters. The highest BCUT2D eigenvalue weighted by molar-refractivity contribution is 5.73. The first-order chi connectivity index (χ1) is 7.53. The summed E-state index contributed by atoms with van der Waals surface area (Å²) in [5, 5.41) is 18.4. The van der Waals surface area contributed by atoms with Crippen LogP contribution in [0.3, 0.4) is 0 Å². The minimum Gasteiger partial charge on any atom is -0.426 e. The molecule has 0 spiro atoms. The topological polar surface area (TPSA) is 66.8 Å². The van der Waals surface area contributed by atoms with Gasteiger partial charge in [0.1, 0.15) is 5.75 Å². The van der Waals surface area contributed by atoms with Gasteiger partial charge in [-0.15, -0.1) is 0 Å². The van der Waals surface area contributed by atoms with E-state index < -0.39 is 11.6 Å². The molecular weight excluding hydrogens is 208 g/mol. The summed E-state index contributed by atoms with van der Waals surface area (Å²) in [6.07, 6.45) is 0.0132. The van der Waals surface area contributed by atoms with Crippen molar-refractivity contribution < 1.29 is 19.7 Å². The molecule has 1 rings (SSSR count). The molecule has 0 aliphatic rings. The van der Waals surface area contributed by atoms with Crippen molar-refractivity contribution >= 4 is 5.97 Å². The molecule has 0 aliphatic carbocycles. The van der Waals surface area contributed by atoms with Crippen molar-refractivity contribution in [2.75, 3.05) is 6.61 Å². The fourth-order valence-electron chi connectivity index (χ4n) is 1.30. The van der Waals surface area contributed by atoms with Crippen molar-refractivity contribution in [2.24, 2.45) is 0 Å². The van der Waals surface area contributed by atoms with E-state index in [-0.39, 0.29) is 19.4 Å². The fourth-order valence-corrected chi connectivity index (χ4v) is 1.30. The van der Waals surface area contributed by atoms with Gasteiger partial charge in [0.25, 0.3) is 0 Å². The van der Waals surface area contributed by atoms with Gasteiger partial charge in [0, 0.05) is 6.61 Å². The monoisotopic (exact) mass is 224 g/mol. The summed E-state index contributed by atoms with van der Waals surface area (Å²) in [5.41, 5.74) is -1.22. The largest absolute Gasteiger partial charge is 0.426 e. The number of para-hydroxylation sites is 1. The predicted molar refractivity (Wildman–Crippen MR) is 59.0 cm³/mol. The van der Waals surface area contributed by atoms with Gasteiger partial charge < -0.3 is 14.9 Å². The number of aliphatic hydroxyl groups is 2. The highest BCUT2D eigenvalue weighted by Crippen LogP contribution is 2.16. The molecule has 0 radical (unpaired) electrons. The van der Waals surface area contributed by atoms with E-state index in [1.807, 2.05) is 6.07 Å². The van der Waals surface area contributed by atoms with Crippen LogP contribution in [0.15, 0.2) is 30.3 Å². The molecular formula is C12H16O4. The molecule has 88 valence electrons. The molecule has 0 saturated heterocycles. The van der Waals surface area contributed by atoms with E-state index in [2.05, 4.69) is 0 Å². The number of carbonyl (C=O) groups excluding carboxylic acids is 1. The number of hydrogen-bond donors (Lipinski definition) is 2. The normalized spacial score (nSPS) is 14.2. The van der Waals surface area contributed by atoms with Crippen LogP contribution < -0.4 is 4.74 Å². The Morgan fingerprint density at radius 3 is 2.56 bits per heavy atom. The van der Waals surface area contributed by atoms with E-state index >= 15 is 0 Å². The van der Waals surface area contributed by atoms with Crippen LogP contribution in [0.4, 0.5) is 0 Å². The number of carbonyl (C=O) groups is 1. The van der Waals surface area contributed by atoms with Gasteiger partial charge in [-0.05, 0) is 25.5 Å². The smallest absolute Gasteiger partial charge is 0.314 e. The fraction of sp³-hybridized carbons (Fsp3) is 0.417. The lowest BCUT2D eigenvalue weighted by Gasteiger charge is -2.20. The minimum atomic E-state index is -1.22. The molecule has 0 saturated carbocycles. The van der Waals surface area contributed by atoms with Crippen molar-refractivity contribution in [1.82, 2.24) is 0 Å². The summed E-state index contributed by atoms with van der Waals surface area (Å²) in [6.45, 7) is 1.33. The number of aliphatic hydroxyl groups excluding tert-OH is 1. The Labute approximate surface area is 94.5 Å². The molecule has 0 aromatic heterocycles. The molecule has 2 N–H and O–H groups in total. The van der Waals surface area contributed by atoms with Gasteiger partial charge in [0.2, 0.25) is 0 Å². The summed E-state index contributed by atoms with van der Waals surface area (Å²) in [7, 11) is 0. The molecule has 0 unspecified atom stereocenters. The molecule has 4 nitrogen and oxygen atoms in total. The Hall–Kier alpha value is -1.39. The van der Waals surface area contributed by atoms with E-state index in [4.69, 9.17) is 9.84 Å². The lowest BCUT2D eigenvalue weighted by atomic mass is 9.99. The third-order valence-corrected chi connectivity index (χ3v) is 2.15. The van der Waals surface area contributed by atoms with Gasteiger partial charge in [0.05, 0.1) is 12.0 Å². The highest BCUT2D eigenvalue weighted by atomic mass is 16.5. The van der Waals surface area contributed by atoms with Crippen molar-refractivity contribution in [2.45, 2.75) is 25.4 Å². The standard InChI is InChI=1S/C12H16O4/c1-12(15,7-8-13)9-11(14)16-10-5-3-2-4-6-10/h2-6,13,15H,7-9H2,1H3/t12-/m1/s1. The number of rotatable bonds is 5. The van der Waals surface area contributed by atoms with Crippen LogP contribution >= 0.6 is 0 Å². The van der Waals surface area contributed by atoms with E-state index in [9.17, 15) is 9.90 Å². The lowest BCUT2D eigenvalue weighted by Crippen LogP contribution is -2.30. The molecule has 0 fully saturated rings. The second-order valence-electron chi connectivity index (χ2n) is 3.93. The predicted octanol–water partition coefficient (Wildman–Crippen LogP) is 1.12. The summed E-state index contributed by atoms with van der Waals surface area (Å²) in [5.74, 6) is -0.0584. The maximum Gasteiger partial charge on any atom is 0.314 e. The van der Waals surface area contributed by atoms with Crippen LogP contribution in [-0.4, -0.2) is 28.4 Å². The molecule has 1 aromatic carbocycles. The van der Waals surface area contributed by atoms with Crippen LogP contribution in [0.2, 0.25) is 0 Å². The third kappa shape index (κ3) is 4.42. The average Bonchev–Trinajstić information content (AvgIpc) is 2.17. The van der Waals surface area contributed by atoms with Gasteiger partial charge in [-0.2, -0.15) is 0 Å². The third-order valence-electron chi connectivity index (χ3n) is 2.15. The van der Waals surface area contributed by atoms with Crippen LogP contribution in [0.5, 0.6) is 5.75 Å². The van der Waals surface area contributed by atoms with E-state index in [1.165, 1.54) is 6.92 Å². The molecule has 0 amide bonds. The number of ether oxygens (including phenoxy) is 1. The van der Waals surface area contributed by atoms with Crippen molar-refractivity contribution in [3.63, 3.8) is 0 Å². The zero-order valence-electron chi connectivity index (χ0n) is 9.22. The van der Waals surface area contributed by atoms with Crippen LogP contribution in [0, 0.1) is 0 Å². The Kier molecular flexibility index (Phi) is 4.46. The zero-order valence-corrected chi connectivity index (χ0v) is 9.22. The van der Waals surface area contributed by atoms with Crippen LogP contribution in [0.1, 0.15) is 19.8 Å². The Morgan fingerprint density at radius 2 is 2.00 bits per heavy atom. The second-order valence-corrected chi connectivity index (χ2v) is 3.93. The van der Waals surface area contributed by atoms with Gasteiger partial charge >= 0.3 is 5.97 Å². The number of esters is 1. The molecule has 16 heavy (non-hydrogen) atoms. The van der Waals surface area contributed by atoms with Gasteiger partial charge in [-0.3, -0.25) is 4.79 Å². The van der Waals surface area contributed by atoms with Gasteiger partial charge in [0.15, 0.2) is 0 Å². The van der Waals surface area contributed by atoms with Crippen LogP contribution in [-0.2, 0) is 4.79 Å². The maximum atomic E-state index is 11.4. The summed E-state index contributed by atoms with van der Waals surface area (Å²) in [6, 6.07) is 8.67. The summed E-state index contributed by atoms with van der Waals surface area (Å²) >= 11 is 0. The quantitative estimate of drug-likeness (QED) is 0.581. The summed E-state index contributed by atoms with van der Waals surface area (Å²) < 4.78 is 5.02. The van der Waals surface area contributed by atoms with Gasteiger partial charge in [-0.1, -0.05) is 18.2 Å². The first-order valence-corrected chi connectivity index (χ1v) is 5.12. The minimum absolute atomic E-state index is 0.136.